The summed E-state index contributed by atoms with van der Waals surface area (Å²) in [7, 11) is -3.53. The number of nitrogens with zero attached hydrogens (tertiary/aromatic N) is 3. The fraction of sp³-hybridized carbons (Fsp3) is 0.368. The van der Waals surface area contributed by atoms with Crippen LogP contribution in [0, 0.1) is 0 Å². The number of hydrogen-bond acceptors (Lipinski definition) is 7. The van der Waals surface area contributed by atoms with Crippen LogP contribution < -0.4 is 11.1 Å². The first-order chi connectivity index (χ1) is 14.3. The Bertz CT molecular complexity index is 1190. The minimum atomic E-state index is -3.53. The van der Waals surface area contributed by atoms with Crippen molar-refractivity contribution in [3.05, 3.63) is 36.2 Å². The average molecular weight is 437 g/mol. The van der Waals surface area contributed by atoms with E-state index in [0.717, 1.165) is 19.1 Å². The SMILES string of the molecule is CS(=O)(=O)c1ccccc1Nc1cc(N)nc2c1nc(C(F)F)n2C1CCCCO1. The van der Waals surface area contributed by atoms with Crippen LogP contribution in [0.25, 0.3) is 11.2 Å². The average Bonchev–Trinajstić information content (AvgIpc) is 3.08. The fourth-order valence-corrected chi connectivity index (χ4v) is 4.44. The minimum Gasteiger partial charge on any atom is -0.384 e. The predicted octanol–water partition coefficient (Wildman–Crippen LogP) is 3.80. The molecule has 3 N–H and O–H groups in total. The first-order valence-corrected chi connectivity index (χ1v) is 11.3. The molecule has 160 valence electrons. The highest BCUT2D eigenvalue weighted by molar-refractivity contribution is 7.90. The molecule has 1 unspecified atom stereocenters. The predicted molar refractivity (Wildman–Crippen MR) is 109 cm³/mol. The van der Waals surface area contributed by atoms with Crippen molar-refractivity contribution in [1.29, 1.82) is 0 Å². The zero-order chi connectivity index (χ0) is 21.5. The monoisotopic (exact) mass is 437 g/mol. The summed E-state index contributed by atoms with van der Waals surface area (Å²) in [5.41, 5.74) is 6.84. The summed E-state index contributed by atoms with van der Waals surface area (Å²) in [5.74, 6) is -0.380. The van der Waals surface area contributed by atoms with Gasteiger partial charge in [-0.2, -0.15) is 0 Å². The lowest BCUT2D eigenvalue weighted by atomic mass is 10.2. The van der Waals surface area contributed by atoms with Gasteiger partial charge in [0, 0.05) is 18.9 Å². The van der Waals surface area contributed by atoms with Crippen LogP contribution in [0.4, 0.5) is 26.0 Å². The molecule has 0 aliphatic carbocycles. The van der Waals surface area contributed by atoms with E-state index < -0.39 is 28.3 Å². The van der Waals surface area contributed by atoms with Gasteiger partial charge in [0.25, 0.3) is 6.43 Å². The van der Waals surface area contributed by atoms with E-state index in [9.17, 15) is 17.2 Å². The summed E-state index contributed by atoms with van der Waals surface area (Å²) in [6, 6.07) is 7.74. The van der Waals surface area contributed by atoms with Gasteiger partial charge in [0.2, 0.25) is 0 Å². The van der Waals surface area contributed by atoms with Crippen molar-refractivity contribution < 1.29 is 21.9 Å². The smallest absolute Gasteiger partial charge is 0.295 e. The number of alkyl halides is 2. The van der Waals surface area contributed by atoms with E-state index in [4.69, 9.17) is 10.5 Å². The normalized spacial score (nSPS) is 17.5. The summed E-state index contributed by atoms with van der Waals surface area (Å²) in [4.78, 5) is 8.42. The number of anilines is 3. The molecule has 1 aliphatic rings. The molecule has 2 aromatic heterocycles. The molecular formula is C19H21F2N5O3S. The van der Waals surface area contributed by atoms with Crippen molar-refractivity contribution in [3.63, 3.8) is 0 Å². The molecule has 0 spiro atoms. The molecule has 0 radical (unpaired) electrons. The lowest BCUT2D eigenvalue weighted by Crippen LogP contribution is -2.20. The lowest BCUT2D eigenvalue weighted by Gasteiger charge is -2.25. The van der Waals surface area contributed by atoms with Gasteiger partial charge in [0.1, 0.15) is 17.6 Å². The molecule has 0 bridgehead atoms. The van der Waals surface area contributed by atoms with Gasteiger partial charge in [-0.3, -0.25) is 4.57 Å². The van der Waals surface area contributed by atoms with Gasteiger partial charge in [0.15, 0.2) is 21.3 Å². The van der Waals surface area contributed by atoms with Gasteiger partial charge in [-0.15, -0.1) is 0 Å². The van der Waals surface area contributed by atoms with Crippen LogP contribution in [0.1, 0.15) is 37.7 Å². The molecule has 3 heterocycles. The number of hydrogen-bond donors (Lipinski definition) is 2. The molecular weight excluding hydrogens is 416 g/mol. The molecule has 4 rings (SSSR count). The van der Waals surface area contributed by atoms with Crippen molar-refractivity contribution >= 4 is 38.2 Å². The van der Waals surface area contributed by atoms with E-state index in [1.807, 2.05) is 0 Å². The molecule has 30 heavy (non-hydrogen) atoms. The lowest BCUT2D eigenvalue weighted by molar-refractivity contribution is -0.0363. The maximum atomic E-state index is 13.8. The van der Waals surface area contributed by atoms with E-state index in [2.05, 4.69) is 15.3 Å². The first kappa shape index (κ1) is 20.5. The molecule has 11 heteroatoms. The van der Waals surface area contributed by atoms with Gasteiger partial charge in [-0.1, -0.05) is 12.1 Å². The second-order valence-electron chi connectivity index (χ2n) is 7.12. The zero-order valence-corrected chi connectivity index (χ0v) is 17.0. The highest BCUT2D eigenvalue weighted by Gasteiger charge is 2.29. The number of pyridine rings is 1. The summed E-state index contributed by atoms with van der Waals surface area (Å²) in [6.45, 7) is 0.460. The summed E-state index contributed by atoms with van der Waals surface area (Å²) in [6.07, 6.45) is -0.115. The highest BCUT2D eigenvalue weighted by Crippen LogP contribution is 2.36. The molecule has 1 atom stereocenters. The summed E-state index contributed by atoms with van der Waals surface area (Å²) < 4.78 is 58.8. The molecule has 1 aromatic carbocycles. The van der Waals surface area contributed by atoms with E-state index in [0.29, 0.717) is 13.0 Å². The van der Waals surface area contributed by atoms with Crippen LogP contribution in [0.5, 0.6) is 0 Å². The van der Waals surface area contributed by atoms with Crippen molar-refractivity contribution in [2.45, 2.75) is 36.8 Å². The second kappa shape index (κ2) is 7.80. The Kier molecular flexibility index (Phi) is 5.33. The number of rotatable bonds is 5. The number of imidazole rings is 1. The number of nitrogens with two attached hydrogens (primary N) is 1. The largest absolute Gasteiger partial charge is 0.384 e. The fourth-order valence-electron chi connectivity index (χ4n) is 3.60. The third-order valence-corrected chi connectivity index (χ3v) is 6.05. The van der Waals surface area contributed by atoms with Gasteiger partial charge in [-0.05, 0) is 31.4 Å². The van der Waals surface area contributed by atoms with Gasteiger partial charge < -0.3 is 15.8 Å². The van der Waals surface area contributed by atoms with Gasteiger partial charge >= 0.3 is 0 Å². The molecule has 1 fully saturated rings. The van der Waals surface area contributed by atoms with Crippen LogP contribution in [0.2, 0.25) is 0 Å². The number of nitrogen functional groups attached to an aromatic ring is 1. The van der Waals surface area contributed by atoms with E-state index in [-0.39, 0.29) is 33.3 Å². The number of ether oxygens (including phenoxy) is 1. The van der Waals surface area contributed by atoms with E-state index in [1.165, 1.54) is 16.7 Å². The first-order valence-electron chi connectivity index (χ1n) is 9.40. The molecule has 1 saturated heterocycles. The van der Waals surface area contributed by atoms with Crippen molar-refractivity contribution in [1.82, 2.24) is 14.5 Å². The van der Waals surface area contributed by atoms with E-state index >= 15 is 0 Å². The number of benzene rings is 1. The highest BCUT2D eigenvalue weighted by atomic mass is 32.2. The van der Waals surface area contributed by atoms with Crippen LogP contribution in [0.15, 0.2) is 35.2 Å². The summed E-state index contributed by atoms with van der Waals surface area (Å²) in [5, 5.41) is 2.98. The van der Waals surface area contributed by atoms with Crippen LogP contribution >= 0.6 is 0 Å². The molecule has 1 aliphatic heterocycles. The van der Waals surface area contributed by atoms with Gasteiger partial charge in [0.05, 0.1) is 16.3 Å². The Morgan fingerprint density at radius 1 is 1.23 bits per heavy atom. The Hall–Kier alpha value is -2.79. The molecule has 8 nitrogen and oxygen atoms in total. The Labute approximate surface area is 172 Å². The Morgan fingerprint density at radius 3 is 2.67 bits per heavy atom. The van der Waals surface area contributed by atoms with Crippen molar-refractivity contribution in [2.24, 2.45) is 0 Å². The van der Waals surface area contributed by atoms with Crippen molar-refractivity contribution in [3.8, 4) is 0 Å². The third-order valence-electron chi connectivity index (χ3n) is 4.89. The Balaban J connectivity index is 1.88. The number of sulfone groups is 1. The molecule has 0 saturated carbocycles. The number of fused-ring (bicyclic) bond motifs is 1. The van der Waals surface area contributed by atoms with Gasteiger partial charge in [-0.25, -0.2) is 27.2 Å². The van der Waals surface area contributed by atoms with Crippen LogP contribution in [-0.4, -0.2) is 35.8 Å². The van der Waals surface area contributed by atoms with Crippen LogP contribution in [0.3, 0.4) is 0 Å². The standard InChI is InChI=1S/C19H21F2N5O3S/c1-30(27,28)13-7-3-2-6-11(13)23-12-10-14(22)24-18-16(12)25-19(17(20)21)26(18)15-8-4-5-9-29-15/h2-3,6-7,10,15,17H,4-5,8-9H2,1H3,(H3,22,23,24). The molecule has 3 aromatic rings. The topological polar surface area (TPSA) is 112 Å². The molecule has 0 amide bonds. The third kappa shape index (κ3) is 3.82. The summed E-state index contributed by atoms with van der Waals surface area (Å²) >= 11 is 0. The Morgan fingerprint density at radius 2 is 2.00 bits per heavy atom. The minimum absolute atomic E-state index is 0.0673. The second-order valence-corrected chi connectivity index (χ2v) is 9.11. The van der Waals surface area contributed by atoms with Crippen molar-refractivity contribution in [2.75, 3.05) is 23.9 Å². The maximum absolute atomic E-state index is 13.8. The van der Waals surface area contributed by atoms with Crippen LogP contribution in [-0.2, 0) is 14.6 Å². The maximum Gasteiger partial charge on any atom is 0.295 e. The number of halogens is 2. The number of para-hydroxylation sites is 1. The number of nitrogens with one attached hydrogen (secondary N) is 1. The van der Waals surface area contributed by atoms with E-state index in [1.54, 1.807) is 18.2 Å². The number of aromatic nitrogens is 3. The zero-order valence-electron chi connectivity index (χ0n) is 16.2. The quantitative estimate of drug-likeness (QED) is 0.624.